The number of aromatic nitrogens is 2. The summed E-state index contributed by atoms with van der Waals surface area (Å²) < 4.78 is 33.5. The molecule has 0 aromatic carbocycles. The van der Waals surface area contributed by atoms with E-state index in [0.717, 1.165) is 5.69 Å². The molecule has 0 aliphatic heterocycles. The average molecular weight is 299 g/mol. The first kappa shape index (κ1) is 14.8. The monoisotopic (exact) mass is 299 g/mol. The molecule has 2 N–H and O–H groups in total. The average Bonchev–Trinajstić information content (AvgIpc) is 2.95. The number of furan rings is 1. The summed E-state index contributed by atoms with van der Waals surface area (Å²) in [5, 5.41) is 13.1. The van der Waals surface area contributed by atoms with E-state index in [2.05, 4.69) is 9.82 Å². The van der Waals surface area contributed by atoms with E-state index in [-0.39, 0.29) is 29.6 Å². The predicted molar refractivity (Wildman–Crippen MR) is 71.5 cm³/mol. The van der Waals surface area contributed by atoms with Crippen LogP contribution < -0.4 is 4.72 Å². The van der Waals surface area contributed by atoms with Crippen molar-refractivity contribution in [3.63, 3.8) is 0 Å². The molecule has 0 saturated heterocycles. The number of nitrogens with zero attached hydrogens (tertiary/aromatic N) is 2. The Bertz CT molecular complexity index is 687. The predicted octanol–water partition coefficient (Wildman–Crippen LogP) is 0.335. The van der Waals surface area contributed by atoms with E-state index in [4.69, 9.17) is 9.52 Å². The van der Waals surface area contributed by atoms with Crippen LogP contribution in [0.1, 0.15) is 17.2 Å². The van der Waals surface area contributed by atoms with Gasteiger partial charge in [0.25, 0.3) is 0 Å². The number of aryl methyl sites for hydroxylation is 2. The number of aliphatic hydroxyl groups excluding tert-OH is 1. The Balaban J connectivity index is 2.01. The van der Waals surface area contributed by atoms with Gasteiger partial charge < -0.3 is 9.52 Å². The van der Waals surface area contributed by atoms with Crippen LogP contribution in [0.4, 0.5) is 0 Å². The second-order valence-corrected chi connectivity index (χ2v) is 6.16. The zero-order chi connectivity index (χ0) is 14.8. The highest BCUT2D eigenvalue weighted by Crippen LogP contribution is 2.19. The Kier molecular flexibility index (Phi) is 4.26. The molecule has 2 heterocycles. The maximum Gasteiger partial charge on any atom is 0.244 e. The molecule has 7 nitrogen and oxygen atoms in total. The number of sulfonamides is 1. The fourth-order valence-electron chi connectivity index (χ4n) is 1.86. The molecule has 2 aromatic heterocycles. The van der Waals surface area contributed by atoms with Gasteiger partial charge in [-0.2, -0.15) is 5.10 Å². The fourth-order valence-corrected chi connectivity index (χ4v) is 3.09. The molecule has 0 bridgehead atoms. The van der Waals surface area contributed by atoms with Crippen molar-refractivity contribution in [2.45, 2.75) is 24.8 Å². The molecule has 0 radical (unpaired) electrons. The first-order chi connectivity index (χ1) is 9.42. The van der Waals surface area contributed by atoms with Gasteiger partial charge in [-0.3, -0.25) is 4.68 Å². The number of rotatable bonds is 6. The summed E-state index contributed by atoms with van der Waals surface area (Å²) in [7, 11) is -1.83. The molecule has 0 atom stereocenters. The highest BCUT2D eigenvalue weighted by molar-refractivity contribution is 7.89. The first-order valence-corrected chi connectivity index (χ1v) is 7.59. The Morgan fingerprint density at radius 1 is 1.50 bits per heavy atom. The zero-order valence-electron chi connectivity index (χ0n) is 11.3. The van der Waals surface area contributed by atoms with Gasteiger partial charge in [0.05, 0.1) is 5.69 Å². The lowest BCUT2D eigenvalue weighted by Crippen LogP contribution is -2.26. The molecule has 0 spiro atoms. The normalized spacial score (nSPS) is 11.9. The number of hydrogen-bond acceptors (Lipinski definition) is 5. The summed E-state index contributed by atoms with van der Waals surface area (Å²) in [6.45, 7) is 1.47. The first-order valence-electron chi connectivity index (χ1n) is 6.11. The number of nitrogens with one attached hydrogen (secondary N) is 1. The van der Waals surface area contributed by atoms with Crippen LogP contribution in [-0.2, 0) is 30.1 Å². The molecule has 8 heteroatoms. The third-order valence-electron chi connectivity index (χ3n) is 2.81. The minimum atomic E-state index is -3.63. The quantitative estimate of drug-likeness (QED) is 0.801. The summed E-state index contributed by atoms with van der Waals surface area (Å²) >= 11 is 0. The van der Waals surface area contributed by atoms with E-state index in [9.17, 15) is 8.42 Å². The van der Waals surface area contributed by atoms with Crippen LogP contribution in [0.3, 0.4) is 0 Å². The Morgan fingerprint density at radius 2 is 2.25 bits per heavy atom. The summed E-state index contributed by atoms with van der Waals surface area (Å²) in [6, 6.07) is 3.17. The topological polar surface area (TPSA) is 97.4 Å². The maximum absolute atomic E-state index is 12.1. The van der Waals surface area contributed by atoms with Gasteiger partial charge in [0.15, 0.2) is 0 Å². The van der Waals surface area contributed by atoms with E-state index in [1.54, 1.807) is 24.9 Å². The molecule has 0 amide bonds. The summed E-state index contributed by atoms with van der Waals surface area (Å²) in [6.07, 6.45) is 2.31. The van der Waals surface area contributed by atoms with Crippen molar-refractivity contribution in [1.29, 1.82) is 0 Å². The lowest BCUT2D eigenvalue weighted by Gasteiger charge is -2.04. The number of hydrogen-bond donors (Lipinski definition) is 2. The third-order valence-corrected chi connectivity index (χ3v) is 4.38. The summed E-state index contributed by atoms with van der Waals surface area (Å²) in [5.41, 5.74) is 0.815. The molecule has 110 valence electrons. The lowest BCUT2D eigenvalue weighted by atomic mass is 10.3. The van der Waals surface area contributed by atoms with Crippen LogP contribution >= 0.6 is 0 Å². The lowest BCUT2D eigenvalue weighted by molar-refractivity contribution is 0.244. The largest absolute Gasteiger partial charge is 0.462 e. The summed E-state index contributed by atoms with van der Waals surface area (Å²) in [4.78, 5) is 0.0579. The van der Waals surface area contributed by atoms with Crippen molar-refractivity contribution in [3.05, 3.63) is 35.5 Å². The van der Waals surface area contributed by atoms with Crippen LogP contribution in [0.15, 0.2) is 27.6 Å². The molecule has 2 rings (SSSR count). The second-order valence-electron chi connectivity index (χ2n) is 4.42. The molecular formula is C12H17N3O4S. The second kappa shape index (κ2) is 5.78. The maximum atomic E-state index is 12.1. The van der Waals surface area contributed by atoms with E-state index < -0.39 is 10.0 Å². The summed E-state index contributed by atoms with van der Waals surface area (Å²) in [5.74, 6) is 0.493. The van der Waals surface area contributed by atoms with Crippen LogP contribution in [0, 0.1) is 6.92 Å². The highest BCUT2D eigenvalue weighted by atomic mass is 32.2. The Labute approximate surface area is 117 Å². The molecular weight excluding hydrogens is 282 g/mol. The van der Waals surface area contributed by atoms with Gasteiger partial charge in [-0.05, 0) is 13.0 Å². The highest BCUT2D eigenvalue weighted by Gasteiger charge is 2.20. The van der Waals surface area contributed by atoms with E-state index in [1.807, 2.05) is 6.07 Å². The Morgan fingerprint density at radius 3 is 2.80 bits per heavy atom. The smallest absolute Gasteiger partial charge is 0.244 e. The standard InChI is InChI=1S/C12H17N3O4S/c1-9-12(7-11(8-16)19-9)20(17,18)13-5-3-10-4-6-15(2)14-10/h4,6-7,13,16H,3,5,8H2,1-2H3. The van der Waals surface area contributed by atoms with E-state index in [1.165, 1.54) is 6.07 Å². The van der Waals surface area contributed by atoms with Gasteiger partial charge in [0.2, 0.25) is 10.0 Å². The van der Waals surface area contributed by atoms with Crippen LogP contribution in [0.25, 0.3) is 0 Å². The van der Waals surface area contributed by atoms with Gasteiger partial charge in [-0.25, -0.2) is 13.1 Å². The molecule has 0 aliphatic carbocycles. The SMILES string of the molecule is Cc1oc(CO)cc1S(=O)(=O)NCCc1ccn(C)n1. The Hall–Kier alpha value is -1.64. The van der Waals surface area contributed by atoms with E-state index >= 15 is 0 Å². The number of aliphatic hydroxyl groups is 1. The van der Waals surface area contributed by atoms with Gasteiger partial charge in [-0.15, -0.1) is 0 Å². The minimum absolute atomic E-state index is 0.0579. The van der Waals surface area contributed by atoms with Gasteiger partial charge in [-0.1, -0.05) is 0 Å². The van der Waals surface area contributed by atoms with Crippen LogP contribution in [0.2, 0.25) is 0 Å². The van der Waals surface area contributed by atoms with Gasteiger partial charge >= 0.3 is 0 Å². The van der Waals surface area contributed by atoms with Crippen molar-refractivity contribution in [2.24, 2.45) is 7.05 Å². The van der Waals surface area contributed by atoms with Crippen LogP contribution in [0.5, 0.6) is 0 Å². The van der Waals surface area contributed by atoms with Crippen molar-refractivity contribution < 1.29 is 17.9 Å². The van der Waals surface area contributed by atoms with Gasteiger partial charge in [0.1, 0.15) is 23.0 Å². The zero-order valence-corrected chi connectivity index (χ0v) is 12.1. The van der Waals surface area contributed by atoms with Crippen molar-refractivity contribution in [2.75, 3.05) is 6.54 Å². The molecule has 20 heavy (non-hydrogen) atoms. The molecule has 0 saturated carbocycles. The molecule has 0 aliphatic rings. The molecule has 2 aromatic rings. The van der Waals surface area contributed by atoms with E-state index in [0.29, 0.717) is 6.42 Å². The van der Waals surface area contributed by atoms with Gasteiger partial charge in [0, 0.05) is 32.3 Å². The molecule has 0 fully saturated rings. The van der Waals surface area contributed by atoms with Crippen molar-refractivity contribution >= 4 is 10.0 Å². The van der Waals surface area contributed by atoms with Crippen molar-refractivity contribution in [3.8, 4) is 0 Å². The van der Waals surface area contributed by atoms with Crippen molar-refractivity contribution in [1.82, 2.24) is 14.5 Å². The van der Waals surface area contributed by atoms with Crippen LogP contribution in [-0.4, -0.2) is 29.8 Å². The minimum Gasteiger partial charge on any atom is -0.462 e. The molecule has 0 unspecified atom stereocenters. The third kappa shape index (κ3) is 3.27. The fraction of sp³-hybridized carbons (Fsp3) is 0.417.